The minimum atomic E-state index is 0.319. The van der Waals surface area contributed by atoms with Crippen molar-refractivity contribution < 1.29 is 4.74 Å². The van der Waals surface area contributed by atoms with Crippen molar-refractivity contribution in [2.24, 2.45) is 29.6 Å². The van der Waals surface area contributed by atoms with Gasteiger partial charge >= 0.3 is 0 Å². The Labute approximate surface area is 91.9 Å². The van der Waals surface area contributed by atoms with Crippen molar-refractivity contribution in [3.63, 3.8) is 0 Å². The van der Waals surface area contributed by atoms with E-state index in [1.54, 1.807) is 0 Å². The molecule has 82 valence electrons. The number of hydrogen-bond acceptors (Lipinski definition) is 1. The summed E-state index contributed by atoms with van der Waals surface area (Å²) in [6.07, 6.45) is 10.5. The second-order valence-electron chi connectivity index (χ2n) is 6.40. The highest BCUT2D eigenvalue weighted by molar-refractivity contribution is 5.19. The molecule has 1 heterocycles. The smallest absolute Gasteiger partial charge is 0.0722 e. The molecule has 0 N–H and O–H groups in total. The fourth-order valence-corrected chi connectivity index (χ4v) is 5.10. The second-order valence-corrected chi connectivity index (χ2v) is 6.40. The van der Waals surface area contributed by atoms with E-state index in [2.05, 4.69) is 19.1 Å². The molecule has 4 aliphatic rings. The van der Waals surface area contributed by atoms with E-state index in [9.17, 15) is 0 Å². The van der Waals surface area contributed by atoms with E-state index in [-0.39, 0.29) is 0 Å². The Balaban J connectivity index is 1.68. The van der Waals surface area contributed by atoms with Gasteiger partial charge in [0, 0.05) is 6.61 Å². The van der Waals surface area contributed by atoms with Gasteiger partial charge in [0.2, 0.25) is 0 Å². The summed E-state index contributed by atoms with van der Waals surface area (Å²) < 4.78 is 6.22. The lowest BCUT2D eigenvalue weighted by atomic mass is 9.71. The summed E-state index contributed by atoms with van der Waals surface area (Å²) >= 11 is 0. The zero-order valence-corrected chi connectivity index (χ0v) is 9.49. The van der Waals surface area contributed by atoms with Crippen LogP contribution in [0.3, 0.4) is 0 Å². The Morgan fingerprint density at radius 3 is 3.07 bits per heavy atom. The number of hydrogen-bond donors (Lipinski definition) is 0. The minimum Gasteiger partial charge on any atom is -0.374 e. The standard InChI is InChI=1S/C14H20O/c1-9-6-14(15-8-9)7-10-5-13(14)12-4-2-3-11(10)12/h2,4,9-13H,3,5-8H2,1H3. The molecule has 4 rings (SSSR count). The van der Waals surface area contributed by atoms with Crippen LogP contribution in [0, 0.1) is 29.6 Å². The molecule has 0 aromatic carbocycles. The molecule has 1 nitrogen and oxygen atoms in total. The summed E-state index contributed by atoms with van der Waals surface area (Å²) in [6, 6.07) is 0. The van der Waals surface area contributed by atoms with Crippen molar-refractivity contribution in [1.29, 1.82) is 0 Å². The average molecular weight is 204 g/mol. The minimum absolute atomic E-state index is 0.319. The first-order valence-electron chi connectivity index (χ1n) is 6.59. The Bertz CT molecular complexity index is 321. The first-order valence-corrected chi connectivity index (χ1v) is 6.59. The Kier molecular flexibility index (Phi) is 1.58. The molecule has 1 heteroatoms. The molecule has 1 saturated heterocycles. The molecule has 3 aliphatic carbocycles. The van der Waals surface area contributed by atoms with Gasteiger partial charge in [-0.05, 0) is 55.3 Å². The molecule has 2 saturated carbocycles. The highest BCUT2D eigenvalue weighted by Gasteiger charge is 2.62. The van der Waals surface area contributed by atoms with Crippen LogP contribution in [0.4, 0.5) is 0 Å². The van der Waals surface area contributed by atoms with Gasteiger partial charge in [-0.3, -0.25) is 0 Å². The summed E-state index contributed by atoms with van der Waals surface area (Å²) in [7, 11) is 0. The van der Waals surface area contributed by atoms with Gasteiger partial charge in [0.05, 0.1) is 5.60 Å². The predicted molar refractivity (Wildman–Crippen MR) is 59.4 cm³/mol. The SMILES string of the molecule is CC1COC2(C1)CC1CC2C2C=CCC12. The quantitative estimate of drug-likeness (QED) is 0.551. The third-order valence-electron chi connectivity index (χ3n) is 5.52. The molecule has 0 aromatic heterocycles. The summed E-state index contributed by atoms with van der Waals surface area (Å²) in [5.41, 5.74) is 0.319. The number of rotatable bonds is 0. The van der Waals surface area contributed by atoms with E-state index in [4.69, 9.17) is 4.74 Å². The van der Waals surface area contributed by atoms with Gasteiger partial charge in [0.1, 0.15) is 0 Å². The summed E-state index contributed by atoms with van der Waals surface area (Å²) in [4.78, 5) is 0. The van der Waals surface area contributed by atoms with Gasteiger partial charge < -0.3 is 4.74 Å². The normalized spacial score (nSPS) is 60.7. The average Bonchev–Trinajstić information content (AvgIpc) is 2.89. The van der Waals surface area contributed by atoms with Gasteiger partial charge in [-0.15, -0.1) is 0 Å². The van der Waals surface area contributed by atoms with E-state index in [1.165, 1.54) is 25.7 Å². The largest absolute Gasteiger partial charge is 0.374 e. The van der Waals surface area contributed by atoms with Gasteiger partial charge in [-0.2, -0.15) is 0 Å². The third-order valence-corrected chi connectivity index (χ3v) is 5.52. The van der Waals surface area contributed by atoms with Crippen LogP contribution in [0.1, 0.15) is 32.6 Å². The molecule has 3 fully saturated rings. The lowest BCUT2D eigenvalue weighted by Gasteiger charge is -2.39. The molecule has 6 atom stereocenters. The van der Waals surface area contributed by atoms with Crippen LogP contribution in [0.2, 0.25) is 0 Å². The van der Waals surface area contributed by atoms with Crippen LogP contribution in [0.5, 0.6) is 0 Å². The van der Waals surface area contributed by atoms with Gasteiger partial charge in [0.15, 0.2) is 0 Å². The van der Waals surface area contributed by atoms with Crippen molar-refractivity contribution in [3.05, 3.63) is 12.2 Å². The molecule has 1 spiro atoms. The van der Waals surface area contributed by atoms with Crippen LogP contribution in [0.15, 0.2) is 12.2 Å². The molecule has 2 bridgehead atoms. The first-order chi connectivity index (χ1) is 7.28. The Morgan fingerprint density at radius 2 is 2.27 bits per heavy atom. The lowest BCUT2D eigenvalue weighted by Crippen LogP contribution is -2.40. The number of allylic oxidation sites excluding steroid dienone is 2. The summed E-state index contributed by atoms with van der Waals surface area (Å²) in [5.74, 6) is 4.54. The van der Waals surface area contributed by atoms with Crippen molar-refractivity contribution in [3.8, 4) is 0 Å². The topological polar surface area (TPSA) is 9.23 Å². The van der Waals surface area contributed by atoms with E-state index >= 15 is 0 Å². The molecule has 0 aromatic rings. The van der Waals surface area contributed by atoms with Crippen LogP contribution in [-0.4, -0.2) is 12.2 Å². The maximum atomic E-state index is 6.22. The summed E-state index contributed by atoms with van der Waals surface area (Å²) in [5, 5.41) is 0. The number of fused-ring (bicyclic) bond motifs is 6. The lowest BCUT2D eigenvalue weighted by molar-refractivity contribution is -0.0598. The van der Waals surface area contributed by atoms with Crippen LogP contribution in [0.25, 0.3) is 0 Å². The van der Waals surface area contributed by atoms with Gasteiger partial charge in [-0.25, -0.2) is 0 Å². The zero-order chi connectivity index (χ0) is 10.0. The third kappa shape index (κ3) is 0.982. The molecule has 6 unspecified atom stereocenters. The highest BCUT2D eigenvalue weighted by Crippen LogP contribution is 2.64. The molecule has 0 amide bonds. The van der Waals surface area contributed by atoms with Gasteiger partial charge in [0.25, 0.3) is 0 Å². The summed E-state index contributed by atoms with van der Waals surface area (Å²) in [6.45, 7) is 3.37. The fourth-order valence-electron chi connectivity index (χ4n) is 5.10. The maximum absolute atomic E-state index is 6.22. The maximum Gasteiger partial charge on any atom is 0.0722 e. The highest BCUT2D eigenvalue weighted by atomic mass is 16.5. The van der Waals surface area contributed by atoms with Crippen LogP contribution in [-0.2, 0) is 4.74 Å². The van der Waals surface area contributed by atoms with Crippen LogP contribution >= 0.6 is 0 Å². The van der Waals surface area contributed by atoms with Crippen molar-refractivity contribution in [2.45, 2.75) is 38.2 Å². The first kappa shape index (κ1) is 8.81. The number of ether oxygens (including phenoxy) is 1. The Hall–Kier alpha value is -0.300. The van der Waals surface area contributed by atoms with Gasteiger partial charge in [-0.1, -0.05) is 19.1 Å². The van der Waals surface area contributed by atoms with E-state index in [0.29, 0.717) is 5.60 Å². The van der Waals surface area contributed by atoms with Crippen molar-refractivity contribution in [1.82, 2.24) is 0 Å². The second kappa shape index (κ2) is 2.68. The fraction of sp³-hybridized carbons (Fsp3) is 0.857. The predicted octanol–water partition coefficient (Wildman–Crippen LogP) is 3.01. The van der Waals surface area contributed by atoms with Crippen molar-refractivity contribution >= 4 is 0 Å². The molecule has 0 radical (unpaired) electrons. The van der Waals surface area contributed by atoms with E-state index < -0.39 is 0 Å². The van der Waals surface area contributed by atoms with Crippen LogP contribution < -0.4 is 0 Å². The molecule has 1 aliphatic heterocycles. The zero-order valence-electron chi connectivity index (χ0n) is 9.49. The molecular formula is C14H20O. The monoisotopic (exact) mass is 204 g/mol. The Morgan fingerprint density at radius 1 is 1.33 bits per heavy atom. The van der Waals surface area contributed by atoms with E-state index in [0.717, 1.165) is 36.2 Å². The van der Waals surface area contributed by atoms with E-state index in [1.807, 2.05) is 0 Å². The molecule has 15 heavy (non-hydrogen) atoms. The molecular weight excluding hydrogens is 184 g/mol. The van der Waals surface area contributed by atoms with Crippen molar-refractivity contribution in [2.75, 3.05) is 6.61 Å².